The smallest absolute Gasteiger partial charge is 0.317 e. The normalized spacial score (nSPS) is 23.0. The predicted octanol–water partition coefficient (Wildman–Crippen LogP) is -0.696. The van der Waals surface area contributed by atoms with E-state index in [4.69, 9.17) is 0 Å². The lowest BCUT2D eigenvalue weighted by atomic mass is 10.0. The molecular weight excluding hydrogens is 364 g/mol. The maximum Gasteiger partial charge on any atom is 0.317 e. The Morgan fingerprint density at radius 2 is 1.71 bits per heavy atom. The number of allylic oxidation sites excluding steroid dienone is 2. The molecule has 0 aromatic rings. The highest BCUT2D eigenvalue weighted by Gasteiger charge is 2.23. The molecule has 0 aliphatic carbocycles. The van der Waals surface area contributed by atoms with Gasteiger partial charge < -0.3 is 26.0 Å². The number of rotatable bonds is 12. The van der Waals surface area contributed by atoms with Gasteiger partial charge in [0.25, 0.3) is 0 Å². The van der Waals surface area contributed by atoms with Crippen molar-refractivity contribution in [3.8, 4) is 0 Å². The molecule has 9 nitrogen and oxygen atoms in total. The van der Waals surface area contributed by atoms with E-state index in [-0.39, 0.29) is 38.3 Å². The maximum atomic E-state index is 11.2. The molecule has 0 amide bonds. The van der Waals surface area contributed by atoms with E-state index in [0.29, 0.717) is 13.1 Å². The monoisotopic (exact) mass is 396 g/mol. The second kappa shape index (κ2) is 11.8. The highest BCUT2D eigenvalue weighted by atomic mass is 16.4. The van der Waals surface area contributed by atoms with Crippen molar-refractivity contribution in [3.05, 3.63) is 24.4 Å². The Balaban J connectivity index is 1.89. The molecule has 0 aromatic heterocycles. The summed E-state index contributed by atoms with van der Waals surface area (Å²) in [6.07, 6.45) is 9.87. The van der Waals surface area contributed by atoms with Crippen LogP contribution in [0.4, 0.5) is 0 Å². The molecule has 0 spiro atoms. The van der Waals surface area contributed by atoms with E-state index >= 15 is 0 Å². The standard InChI is InChI=1S/C19H32N4O5/c24-17(11-22(13-18(25)26)9-15-5-1-3-7-20-15)12-23(14-19(27)28)10-16-6-2-4-8-21-16/h1,3,5,7,15-17,20-21,24H,2,4,6,8-14H2,(H,25,26)(H,27,28). The number of aliphatic hydroxyl groups excluding tert-OH is 1. The van der Waals surface area contributed by atoms with Gasteiger partial charge in [0.05, 0.1) is 25.2 Å². The van der Waals surface area contributed by atoms with Crippen LogP contribution >= 0.6 is 0 Å². The van der Waals surface area contributed by atoms with Crippen molar-refractivity contribution >= 4 is 11.9 Å². The van der Waals surface area contributed by atoms with Crippen LogP contribution < -0.4 is 10.6 Å². The third kappa shape index (κ3) is 8.83. The summed E-state index contributed by atoms with van der Waals surface area (Å²) in [6, 6.07) is 0.192. The number of hydrogen-bond acceptors (Lipinski definition) is 7. The molecule has 0 saturated carbocycles. The second-order valence-corrected chi connectivity index (χ2v) is 7.49. The lowest BCUT2D eigenvalue weighted by molar-refractivity contribution is -0.139. The van der Waals surface area contributed by atoms with E-state index in [1.807, 2.05) is 18.2 Å². The van der Waals surface area contributed by atoms with Crippen LogP contribution in [0.3, 0.4) is 0 Å². The quantitative estimate of drug-likeness (QED) is 0.291. The van der Waals surface area contributed by atoms with Crippen molar-refractivity contribution < 1.29 is 24.9 Å². The number of piperidine rings is 1. The summed E-state index contributed by atoms with van der Waals surface area (Å²) < 4.78 is 0. The van der Waals surface area contributed by atoms with E-state index in [1.54, 1.807) is 16.0 Å². The molecule has 158 valence electrons. The van der Waals surface area contributed by atoms with Gasteiger partial charge in [-0.25, -0.2) is 0 Å². The second-order valence-electron chi connectivity index (χ2n) is 7.49. The lowest BCUT2D eigenvalue weighted by Gasteiger charge is -2.32. The Hall–Kier alpha value is -1.94. The Morgan fingerprint density at radius 3 is 2.25 bits per heavy atom. The van der Waals surface area contributed by atoms with Crippen LogP contribution in [-0.4, -0.2) is 101 Å². The number of dihydropyridines is 1. The van der Waals surface area contributed by atoms with Gasteiger partial charge in [-0.15, -0.1) is 0 Å². The average molecular weight is 396 g/mol. The maximum absolute atomic E-state index is 11.2. The van der Waals surface area contributed by atoms with Gasteiger partial charge in [-0.05, 0) is 31.7 Å². The number of aliphatic carboxylic acids is 2. The number of aliphatic hydroxyl groups is 1. The topological polar surface area (TPSA) is 125 Å². The van der Waals surface area contributed by atoms with Crippen LogP contribution in [0.25, 0.3) is 0 Å². The van der Waals surface area contributed by atoms with Gasteiger partial charge in [0.1, 0.15) is 0 Å². The molecule has 1 fully saturated rings. The molecule has 28 heavy (non-hydrogen) atoms. The van der Waals surface area contributed by atoms with Crippen molar-refractivity contribution in [2.45, 2.75) is 37.5 Å². The van der Waals surface area contributed by atoms with E-state index in [0.717, 1.165) is 25.8 Å². The molecular formula is C19H32N4O5. The molecule has 0 aromatic carbocycles. The molecule has 0 bridgehead atoms. The fourth-order valence-corrected chi connectivity index (χ4v) is 3.72. The van der Waals surface area contributed by atoms with Crippen molar-refractivity contribution in [1.29, 1.82) is 0 Å². The van der Waals surface area contributed by atoms with Crippen LogP contribution in [0.2, 0.25) is 0 Å². The van der Waals surface area contributed by atoms with Crippen LogP contribution in [0, 0.1) is 0 Å². The van der Waals surface area contributed by atoms with Gasteiger partial charge in [0.2, 0.25) is 0 Å². The van der Waals surface area contributed by atoms with Crippen LogP contribution in [0.15, 0.2) is 24.4 Å². The molecule has 3 unspecified atom stereocenters. The molecule has 2 aliphatic heterocycles. The first-order valence-corrected chi connectivity index (χ1v) is 9.81. The average Bonchev–Trinajstić information content (AvgIpc) is 2.62. The summed E-state index contributed by atoms with van der Waals surface area (Å²) in [5, 5.41) is 35.4. The number of carboxylic acid groups (broad SMARTS) is 2. The predicted molar refractivity (Wildman–Crippen MR) is 105 cm³/mol. The Kier molecular flexibility index (Phi) is 9.42. The zero-order chi connectivity index (χ0) is 20.4. The van der Waals surface area contributed by atoms with Gasteiger partial charge in [-0.1, -0.05) is 18.6 Å². The van der Waals surface area contributed by atoms with Crippen molar-refractivity contribution in [1.82, 2.24) is 20.4 Å². The number of carboxylic acids is 2. The third-order valence-corrected chi connectivity index (χ3v) is 4.86. The minimum absolute atomic E-state index is 0.0295. The molecule has 0 radical (unpaired) electrons. The molecule has 2 aliphatic rings. The lowest BCUT2D eigenvalue weighted by Crippen LogP contribution is -2.50. The SMILES string of the molecule is O=C(O)CN(CC(O)CN(CC(=O)O)CC1CCCCN1)CC1C=CC=CN1. The van der Waals surface area contributed by atoms with Gasteiger partial charge in [-0.3, -0.25) is 19.4 Å². The zero-order valence-electron chi connectivity index (χ0n) is 16.2. The number of nitrogens with one attached hydrogen (secondary N) is 2. The number of hydrogen-bond donors (Lipinski definition) is 5. The number of nitrogens with zero attached hydrogens (tertiary/aromatic N) is 2. The van der Waals surface area contributed by atoms with E-state index < -0.39 is 18.0 Å². The fraction of sp³-hybridized carbons (Fsp3) is 0.684. The Labute approximate surface area is 165 Å². The van der Waals surface area contributed by atoms with E-state index in [2.05, 4.69) is 10.6 Å². The first kappa shape index (κ1) is 22.4. The summed E-state index contributed by atoms with van der Waals surface area (Å²) in [5.41, 5.74) is 0. The van der Waals surface area contributed by atoms with Crippen LogP contribution in [-0.2, 0) is 9.59 Å². The summed E-state index contributed by atoms with van der Waals surface area (Å²) in [4.78, 5) is 25.8. The summed E-state index contributed by atoms with van der Waals surface area (Å²) >= 11 is 0. The minimum Gasteiger partial charge on any atom is -0.480 e. The minimum atomic E-state index is -0.962. The first-order chi connectivity index (χ1) is 13.4. The van der Waals surface area contributed by atoms with Gasteiger partial charge in [0, 0.05) is 32.2 Å². The van der Waals surface area contributed by atoms with E-state index in [9.17, 15) is 24.9 Å². The fourth-order valence-electron chi connectivity index (χ4n) is 3.72. The summed E-state index contributed by atoms with van der Waals surface area (Å²) in [5.74, 6) is -1.90. The highest BCUT2D eigenvalue weighted by Crippen LogP contribution is 2.09. The van der Waals surface area contributed by atoms with Gasteiger partial charge in [0.15, 0.2) is 0 Å². The van der Waals surface area contributed by atoms with Crippen LogP contribution in [0.1, 0.15) is 19.3 Å². The van der Waals surface area contributed by atoms with Crippen molar-refractivity contribution in [2.75, 3.05) is 45.8 Å². The zero-order valence-corrected chi connectivity index (χ0v) is 16.2. The molecule has 1 saturated heterocycles. The molecule has 2 rings (SSSR count). The highest BCUT2D eigenvalue weighted by molar-refractivity contribution is 5.69. The number of carbonyl (C=O) groups is 2. The Morgan fingerprint density at radius 1 is 1.04 bits per heavy atom. The molecule has 9 heteroatoms. The van der Waals surface area contributed by atoms with Crippen molar-refractivity contribution in [2.24, 2.45) is 0 Å². The van der Waals surface area contributed by atoms with Gasteiger partial charge in [-0.2, -0.15) is 0 Å². The van der Waals surface area contributed by atoms with E-state index in [1.165, 1.54) is 0 Å². The molecule has 3 atom stereocenters. The van der Waals surface area contributed by atoms with Gasteiger partial charge >= 0.3 is 11.9 Å². The van der Waals surface area contributed by atoms with Crippen LogP contribution in [0.5, 0.6) is 0 Å². The summed E-state index contributed by atoms with van der Waals surface area (Å²) in [6.45, 7) is 1.94. The summed E-state index contributed by atoms with van der Waals surface area (Å²) in [7, 11) is 0. The Bertz CT molecular complexity index is 563. The molecule has 2 heterocycles. The largest absolute Gasteiger partial charge is 0.480 e. The molecule has 5 N–H and O–H groups in total. The third-order valence-electron chi connectivity index (χ3n) is 4.86. The first-order valence-electron chi connectivity index (χ1n) is 9.81. The van der Waals surface area contributed by atoms with Crippen molar-refractivity contribution in [3.63, 3.8) is 0 Å².